The maximum absolute atomic E-state index is 14.6. The normalized spacial score (nSPS) is 12.5. The van der Waals surface area contributed by atoms with Gasteiger partial charge in [-0.15, -0.1) is 0 Å². The van der Waals surface area contributed by atoms with Crippen molar-refractivity contribution in [3.63, 3.8) is 0 Å². The van der Waals surface area contributed by atoms with Crippen LogP contribution < -0.4 is 10.1 Å². The summed E-state index contributed by atoms with van der Waals surface area (Å²) in [6.07, 6.45) is 1.05. The summed E-state index contributed by atoms with van der Waals surface area (Å²) < 4.78 is 20.4. The van der Waals surface area contributed by atoms with E-state index in [0.717, 1.165) is 17.5 Å². The molecular formula is C29H33FN2O3. The molecule has 0 saturated carbocycles. The van der Waals surface area contributed by atoms with E-state index in [1.54, 1.807) is 24.3 Å². The molecule has 2 atom stereocenters. The molecule has 1 N–H and O–H groups in total. The number of ether oxygens (including phenoxy) is 1. The average molecular weight is 477 g/mol. The van der Waals surface area contributed by atoms with Crippen LogP contribution in [-0.2, 0) is 22.6 Å². The lowest BCUT2D eigenvalue weighted by atomic mass is 10.0. The summed E-state index contributed by atoms with van der Waals surface area (Å²) in [6.45, 7) is 5.53. The molecule has 0 aliphatic rings. The summed E-state index contributed by atoms with van der Waals surface area (Å²) in [6, 6.07) is 22.3. The molecule has 0 aromatic heterocycles. The van der Waals surface area contributed by atoms with Crippen LogP contribution in [0.25, 0.3) is 0 Å². The lowest BCUT2D eigenvalue weighted by Gasteiger charge is -2.32. The van der Waals surface area contributed by atoms with Crippen LogP contribution in [0.2, 0.25) is 0 Å². The first-order valence-electron chi connectivity index (χ1n) is 11.9. The van der Waals surface area contributed by atoms with E-state index >= 15 is 0 Å². The van der Waals surface area contributed by atoms with Crippen LogP contribution in [0, 0.1) is 12.7 Å². The summed E-state index contributed by atoms with van der Waals surface area (Å²) >= 11 is 0. The number of aryl methyl sites for hydroxylation is 1. The molecule has 0 aliphatic carbocycles. The molecule has 184 valence electrons. The Bertz CT molecular complexity index is 1120. The summed E-state index contributed by atoms with van der Waals surface area (Å²) in [5.74, 6) is -0.531. The van der Waals surface area contributed by atoms with Crippen LogP contribution >= 0.6 is 0 Å². The Balaban J connectivity index is 1.92. The molecule has 0 unspecified atom stereocenters. The van der Waals surface area contributed by atoms with Gasteiger partial charge in [-0.3, -0.25) is 9.59 Å². The predicted octanol–water partition coefficient (Wildman–Crippen LogP) is 5.07. The van der Waals surface area contributed by atoms with Crippen molar-refractivity contribution in [1.29, 1.82) is 0 Å². The van der Waals surface area contributed by atoms with E-state index in [2.05, 4.69) is 5.32 Å². The first-order chi connectivity index (χ1) is 16.9. The third-order valence-corrected chi connectivity index (χ3v) is 5.92. The molecule has 0 bridgehead atoms. The van der Waals surface area contributed by atoms with Crippen molar-refractivity contribution in [3.8, 4) is 5.75 Å². The second-order valence-corrected chi connectivity index (χ2v) is 8.74. The fraction of sp³-hybridized carbons (Fsp3) is 0.310. The molecule has 35 heavy (non-hydrogen) atoms. The van der Waals surface area contributed by atoms with Gasteiger partial charge >= 0.3 is 0 Å². The van der Waals surface area contributed by atoms with Crippen molar-refractivity contribution in [1.82, 2.24) is 10.2 Å². The van der Waals surface area contributed by atoms with E-state index in [1.165, 1.54) is 11.0 Å². The van der Waals surface area contributed by atoms with Gasteiger partial charge in [0, 0.05) is 24.6 Å². The maximum atomic E-state index is 14.6. The zero-order valence-electron chi connectivity index (χ0n) is 20.5. The Morgan fingerprint density at radius 1 is 1.00 bits per heavy atom. The van der Waals surface area contributed by atoms with E-state index in [9.17, 15) is 14.0 Å². The SMILES string of the molecule is CC[C@@H](C)NC(=O)[C@H](Cc1ccccc1)N(Cc1ccccc1F)C(=O)COc1cccc(C)c1. The Kier molecular flexibility index (Phi) is 9.41. The molecule has 0 spiro atoms. The lowest BCUT2D eigenvalue weighted by Crippen LogP contribution is -2.53. The highest BCUT2D eigenvalue weighted by Crippen LogP contribution is 2.18. The smallest absolute Gasteiger partial charge is 0.261 e. The fourth-order valence-corrected chi connectivity index (χ4v) is 3.74. The van der Waals surface area contributed by atoms with Gasteiger partial charge in [0.05, 0.1) is 0 Å². The van der Waals surface area contributed by atoms with E-state index in [4.69, 9.17) is 4.74 Å². The number of hydrogen-bond acceptors (Lipinski definition) is 3. The summed E-state index contributed by atoms with van der Waals surface area (Å²) in [7, 11) is 0. The first kappa shape index (κ1) is 25.9. The van der Waals surface area contributed by atoms with Crippen LogP contribution in [0.4, 0.5) is 4.39 Å². The molecule has 2 amide bonds. The van der Waals surface area contributed by atoms with Crippen LogP contribution in [0.5, 0.6) is 5.75 Å². The minimum atomic E-state index is -0.834. The molecule has 0 aliphatic heterocycles. The minimum absolute atomic E-state index is 0.0475. The van der Waals surface area contributed by atoms with Gasteiger partial charge in [0.25, 0.3) is 5.91 Å². The van der Waals surface area contributed by atoms with Crippen molar-refractivity contribution in [2.45, 2.75) is 52.2 Å². The number of nitrogens with zero attached hydrogens (tertiary/aromatic N) is 1. The number of benzene rings is 3. The highest BCUT2D eigenvalue weighted by molar-refractivity contribution is 5.88. The van der Waals surface area contributed by atoms with Gasteiger partial charge in [-0.05, 0) is 49.6 Å². The number of carbonyl (C=O) groups excluding carboxylic acids is 2. The van der Waals surface area contributed by atoms with Crippen molar-refractivity contribution in [2.75, 3.05) is 6.61 Å². The molecular weight excluding hydrogens is 443 g/mol. The summed E-state index contributed by atoms with van der Waals surface area (Å²) in [5.41, 5.74) is 2.25. The largest absolute Gasteiger partial charge is 0.484 e. The number of rotatable bonds is 11. The van der Waals surface area contributed by atoms with Gasteiger partial charge in [-0.1, -0.05) is 67.6 Å². The number of carbonyl (C=O) groups is 2. The quantitative estimate of drug-likeness (QED) is 0.421. The zero-order valence-corrected chi connectivity index (χ0v) is 20.5. The van der Waals surface area contributed by atoms with Gasteiger partial charge in [0.15, 0.2) is 6.61 Å². The molecule has 0 fully saturated rings. The number of amides is 2. The van der Waals surface area contributed by atoms with E-state index in [1.807, 2.05) is 69.3 Å². The first-order valence-corrected chi connectivity index (χ1v) is 11.9. The van der Waals surface area contributed by atoms with Gasteiger partial charge in [-0.25, -0.2) is 4.39 Å². The Labute approximate surface area is 206 Å². The van der Waals surface area contributed by atoms with Crippen LogP contribution in [0.15, 0.2) is 78.9 Å². The fourth-order valence-electron chi connectivity index (χ4n) is 3.74. The van der Waals surface area contributed by atoms with Crippen molar-refractivity contribution in [3.05, 3.63) is 101 Å². The highest BCUT2D eigenvalue weighted by Gasteiger charge is 2.31. The van der Waals surface area contributed by atoms with Crippen LogP contribution in [-0.4, -0.2) is 35.4 Å². The number of halogens is 1. The molecule has 0 saturated heterocycles. The van der Waals surface area contributed by atoms with Gasteiger partial charge in [-0.2, -0.15) is 0 Å². The van der Waals surface area contributed by atoms with E-state index < -0.39 is 17.8 Å². The molecule has 0 heterocycles. The Morgan fingerprint density at radius 2 is 1.71 bits per heavy atom. The second kappa shape index (κ2) is 12.7. The van der Waals surface area contributed by atoms with Crippen molar-refractivity contribution in [2.24, 2.45) is 0 Å². The van der Waals surface area contributed by atoms with E-state index in [-0.39, 0.29) is 25.1 Å². The van der Waals surface area contributed by atoms with Gasteiger partial charge in [0.1, 0.15) is 17.6 Å². The predicted molar refractivity (Wildman–Crippen MR) is 135 cm³/mol. The van der Waals surface area contributed by atoms with Gasteiger partial charge in [0.2, 0.25) is 5.91 Å². The molecule has 3 rings (SSSR count). The maximum Gasteiger partial charge on any atom is 0.261 e. The van der Waals surface area contributed by atoms with Crippen LogP contribution in [0.1, 0.15) is 37.0 Å². The Hall–Kier alpha value is -3.67. The summed E-state index contributed by atoms with van der Waals surface area (Å²) in [5, 5.41) is 3.00. The minimum Gasteiger partial charge on any atom is -0.484 e. The van der Waals surface area contributed by atoms with Gasteiger partial charge < -0.3 is 15.0 Å². The third-order valence-electron chi connectivity index (χ3n) is 5.92. The molecule has 3 aromatic carbocycles. The molecule has 6 heteroatoms. The molecule has 0 radical (unpaired) electrons. The summed E-state index contributed by atoms with van der Waals surface area (Å²) in [4.78, 5) is 28.4. The number of hydrogen-bond donors (Lipinski definition) is 1. The average Bonchev–Trinajstić information content (AvgIpc) is 2.86. The monoisotopic (exact) mass is 476 g/mol. The standard InChI is InChI=1S/C29H33FN2O3/c1-4-22(3)31-29(34)27(18-23-12-6-5-7-13-23)32(19-24-14-8-9-16-26(24)30)28(33)20-35-25-15-10-11-21(2)17-25/h5-17,22,27H,4,18-20H2,1-3H3,(H,31,34)/t22-,27+/m1/s1. The Morgan fingerprint density at radius 3 is 2.40 bits per heavy atom. The van der Waals surface area contributed by atoms with E-state index in [0.29, 0.717) is 17.7 Å². The number of nitrogens with one attached hydrogen (secondary N) is 1. The second-order valence-electron chi connectivity index (χ2n) is 8.74. The van der Waals surface area contributed by atoms with Crippen molar-refractivity contribution < 1.29 is 18.7 Å². The third kappa shape index (κ3) is 7.67. The lowest BCUT2D eigenvalue weighted by molar-refractivity contribution is -0.143. The molecule has 3 aromatic rings. The highest BCUT2D eigenvalue weighted by atomic mass is 19.1. The zero-order chi connectivity index (χ0) is 25.2. The van der Waals surface area contributed by atoms with Crippen LogP contribution in [0.3, 0.4) is 0 Å². The molecule has 5 nitrogen and oxygen atoms in total. The topological polar surface area (TPSA) is 58.6 Å². The van der Waals surface area contributed by atoms with Crippen molar-refractivity contribution >= 4 is 11.8 Å².